The molecule has 0 radical (unpaired) electrons. The van der Waals surface area contributed by atoms with E-state index in [1.807, 2.05) is 25.3 Å². The molecule has 0 N–H and O–H groups in total. The quantitative estimate of drug-likeness (QED) is 0.655. The number of rotatable bonds is 1. The third-order valence-electron chi connectivity index (χ3n) is 2.64. The van der Waals surface area contributed by atoms with Gasteiger partial charge in [0.25, 0.3) is 0 Å². The number of hydrogen-bond donors (Lipinski definition) is 0. The van der Waals surface area contributed by atoms with E-state index in [0.29, 0.717) is 5.78 Å². The van der Waals surface area contributed by atoms with Gasteiger partial charge >= 0.3 is 0 Å². The van der Waals surface area contributed by atoms with E-state index >= 15 is 0 Å². The van der Waals surface area contributed by atoms with Crippen molar-refractivity contribution in [2.45, 2.75) is 32.1 Å². The van der Waals surface area contributed by atoms with Crippen LogP contribution in [0.1, 0.15) is 36.4 Å². The van der Waals surface area contributed by atoms with Gasteiger partial charge in [-0.3, -0.25) is 9.78 Å². The summed E-state index contributed by atoms with van der Waals surface area (Å²) in [5.74, 6) is 0.513. The molecule has 2 nitrogen and oxygen atoms in total. The van der Waals surface area contributed by atoms with E-state index in [-0.39, 0.29) is 5.92 Å². The van der Waals surface area contributed by atoms with Crippen LogP contribution in [-0.4, -0.2) is 10.8 Å². The van der Waals surface area contributed by atoms with Crippen LogP contribution in [0.4, 0.5) is 0 Å². The summed E-state index contributed by atoms with van der Waals surface area (Å²) in [6, 6.07) is 4.00. The highest BCUT2D eigenvalue weighted by Crippen LogP contribution is 2.30. The van der Waals surface area contributed by atoms with Crippen LogP contribution in [0.3, 0.4) is 0 Å². The third-order valence-corrected chi connectivity index (χ3v) is 2.64. The second-order valence-corrected chi connectivity index (χ2v) is 3.64. The van der Waals surface area contributed by atoms with Crippen molar-refractivity contribution in [3.8, 4) is 0 Å². The predicted molar refractivity (Wildman–Crippen MR) is 50.6 cm³/mol. The molecule has 1 saturated carbocycles. The van der Waals surface area contributed by atoms with Crippen LogP contribution in [0.25, 0.3) is 0 Å². The van der Waals surface area contributed by atoms with Crippen molar-refractivity contribution in [3.05, 3.63) is 29.6 Å². The number of Topliss-reactive ketones (excluding diaryl/α,β-unsaturated/α-hetero) is 1. The Morgan fingerprint density at radius 2 is 2.31 bits per heavy atom. The Hall–Kier alpha value is -1.18. The molecule has 1 unspecified atom stereocenters. The van der Waals surface area contributed by atoms with Gasteiger partial charge in [-0.15, -0.1) is 0 Å². The molecule has 0 aliphatic heterocycles. The van der Waals surface area contributed by atoms with Crippen molar-refractivity contribution >= 4 is 5.78 Å². The monoisotopic (exact) mass is 175 g/mol. The van der Waals surface area contributed by atoms with Crippen molar-refractivity contribution in [1.82, 2.24) is 4.98 Å². The first-order valence-electron chi connectivity index (χ1n) is 4.72. The molecule has 2 rings (SSSR count). The van der Waals surface area contributed by atoms with Gasteiger partial charge in [-0.1, -0.05) is 6.07 Å². The van der Waals surface area contributed by atoms with Gasteiger partial charge in [0.15, 0.2) is 0 Å². The zero-order chi connectivity index (χ0) is 9.26. The van der Waals surface area contributed by atoms with Crippen molar-refractivity contribution in [3.63, 3.8) is 0 Å². The molecule has 1 aromatic rings. The van der Waals surface area contributed by atoms with E-state index in [1.165, 1.54) is 0 Å². The van der Waals surface area contributed by atoms with Gasteiger partial charge in [0.2, 0.25) is 0 Å². The van der Waals surface area contributed by atoms with Crippen LogP contribution in [0, 0.1) is 6.92 Å². The summed E-state index contributed by atoms with van der Waals surface area (Å²) in [5.41, 5.74) is 2.10. The molecular formula is C11H13NO. The van der Waals surface area contributed by atoms with E-state index in [9.17, 15) is 4.79 Å². The number of hydrogen-bond acceptors (Lipinski definition) is 2. The molecule has 2 heteroatoms. The summed E-state index contributed by atoms with van der Waals surface area (Å²) in [6.07, 6.45) is 4.63. The first kappa shape index (κ1) is 8.42. The van der Waals surface area contributed by atoms with Crippen LogP contribution in [0.2, 0.25) is 0 Å². The van der Waals surface area contributed by atoms with Crippen LogP contribution in [0.15, 0.2) is 18.3 Å². The molecule has 13 heavy (non-hydrogen) atoms. The zero-order valence-corrected chi connectivity index (χ0v) is 7.79. The standard InChI is InChI=1S/C11H13NO/c1-8-5-6-9(7-12-8)10-3-2-4-11(10)13/h5-7,10H,2-4H2,1H3. The van der Waals surface area contributed by atoms with Crippen molar-refractivity contribution in [1.29, 1.82) is 0 Å². The van der Waals surface area contributed by atoms with Crippen molar-refractivity contribution < 1.29 is 4.79 Å². The SMILES string of the molecule is Cc1ccc(C2CCCC2=O)cn1. The second-order valence-electron chi connectivity index (χ2n) is 3.64. The molecule has 1 aliphatic rings. The first-order valence-corrected chi connectivity index (χ1v) is 4.72. The highest BCUT2D eigenvalue weighted by Gasteiger charge is 2.25. The maximum atomic E-state index is 11.4. The minimum absolute atomic E-state index is 0.132. The molecule has 1 aromatic heterocycles. The molecule has 1 atom stereocenters. The molecular weight excluding hydrogens is 162 g/mol. The second kappa shape index (κ2) is 3.29. The normalized spacial score (nSPS) is 22.2. The molecule has 0 aromatic carbocycles. The van der Waals surface area contributed by atoms with E-state index in [0.717, 1.165) is 30.5 Å². The summed E-state index contributed by atoms with van der Waals surface area (Å²) < 4.78 is 0. The van der Waals surface area contributed by atoms with E-state index in [2.05, 4.69) is 4.98 Å². The minimum Gasteiger partial charge on any atom is -0.299 e. The third kappa shape index (κ3) is 1.62. The molecule has 0 amide bonds. The topological polar surface area (TPSA) is 30.0 Å². The Labute approximate surface area is 78.0 Å². The number of ketones is 1. The summed E-state index contributed by atoms with van der Waals surface area (Å²) >= 11 is 0. The maximum absolute atomic E-state index is 11.4. The van der Waals surface area contributed by atoms with Crippen LogP contribution < -0.4 is 0 Å². The number of aromatic nitrogens is 1. The Morgan fingerprint density at radius 3 is 2.85 bits per heavy atom. The van der Waals surface area contributed by atoms with Crippen LogP contribution >= 0.6 is 0 Å². The van der Waals surface area contributed by atoms with E-state index < -0.39 is 0 Å². The maximum Gasteiger partial charge on any atom is 0.140 e. The fourth-order valence-corrected chi connectivity index (χ4v) is 1.85. The highest BCUT2D eigenvalue weighted by atomic mass is 16.1. The van der Waals surface area contributed by atoms with Gasteiger partial charge in [0.05, 0.1) is 0 Å². The van der Waals surface area contributed by atoms with E-state index in [1.54, 1.807) is 0 Å². The van der Waals surface area contributed by atoms with Gasteiger partial charge < -0.3 is 0 Å². The summed E-state index contributed by atoms with van der Waals surface area (Å²) in [4.78, 5) is 15.6. The van der Waals surface area contributed by atoms with Gasteiger partial charge in [-0.25, -0.2) is 0 Å². The summed E-state index contributed by atoms with van der Waals surface area (Å²) in [7, 11) is 0. The lowest BCUT2D eigenvalue weighted by atomic mass is 9.98. The van der Waals surface area contributed by atoms with Crippen molar-refractivity contribution in [2.75, 3.05) is 0 Å². The Bertz CT molecular complexity index is 315. The smallest absolute Gasteiger partial charge is 0.140 e. The predicted octanol–water partition coefficient (Wildman–Crippen LogP) is 2.23. The molecule has 1 heterocycles. The Balaban J connectivity index is 2.25. The molecule has 0 bridgehead atoms. The molecule has 68 valence electrons. The Morgan fingerprint density at radius 1 is 1.46 bits per heavy atom. The fourth-order valence-electron chi connectivity index (χ4n) is 1.85. The van der Waals surface area contributed by atoms with Gasteiger partial charge in [-0.05, 0) is 31.4 Å². The molecule has 1 aliphatic carbocycles. The molecule has 1 fully saturated rings. The number of nitrogens with zero attached hydrogens (tertiary/aromatic N) is 1. The molecule has 0 saturated heterocycles. The first-order chi connectivity index (χ1) is 6.27. The minimum atomic E-state index is 0.132. The zero-order valence-electron chi connectivity index (χ0n) is 7.79. The largest absolute Gasteiger partial charge is 0.299 e. The summed E-state index contributed by atoms with van der Waals surface area (Å²) in [6.45, 7) is 1.96. The number of aryl methyl sites for hydroxylation is 1. The van der Waals surface area contributed by atoms with Gasteiger partial charge in [0, 0.05) is 24.2 Å². The average molecular weight is 175 g/mol. The van der Waals surface area contributed by atoms with Gasteiger partial charge in [-0.2, -0.15) is 0 Å². The molecule has 0 spiro atoms. The summed E-state index contributed by atoms with van der Waals surface area (Å²) in [5, 5.41) is 0. The average Bonchev–Trinajstić information content (AvgIpc) is 2.53. The van der Waals surface area contributed by atoms with E-state index in [4.69, 9.17) is 0 Å². The highest BCUT2D eigenvalue weighted by molar-refractivity contribution is 5.87. The fraction of sp³-hybridized carbons (Fsp3) is 0.455. The van der Waals surface area contributed by atoms with Crippen LogP contribution in [-0.2, 0) is 4.79 Å². The number of carbonyl (C=O) groups is 1. The van der Waals surface area contributed by atoms with Gasteiger partial charge in [0.1, 0.15) is 5.78 Å². The lowest BCUT2D eigenvalue weighted by Gasteiger charge is -2.06. The number of carbonyl (C=O) groups excluding carboxylic acids is 1. The lowest BCUT2D eigenvalue weighted by molar-refractivity contribution is -0.118. The van der Waals surface area contributed by atoms with Crippen LogP contribution in [0.5, 0.6) is 0 Å². The lowest BCUT2D eigenvalue weighted by Crippen LogP contribution is -2.04. The number of pyridine rings is 1. The van der Waals surface area contributed by atoms with Crippen molar-refractivity contribution in [2.24, 2.45) is 0 Å². The Kier molecular flexibility index (Phi) is 2.13.